The molecule has 0 spiro atoms. The first-order valence-corrected chi connectivity index (χ1v) is 6.82. The molecule has 0 radical (unpaired) electrons. The summed E-state index contributed by atoms with van der Waals surface area (Å²) in [4.78, 5) is 8.40. The van der Waals surface area contributed by atoms with Crippen molar-refractivity contribution in [2.45, 2.75) is 0 Å². The average Bonchev–Trinajstić information content (AvgIpc) is 3.04. The summed E-state index contributed by atoms with van der Waals surface area (Å²) in [5.74, 6) is -0.272. The molecule has 3 heterocycles. The lowest BCUT2D eigenvalue weighted by atomic mass is 9.94. The van der Waals surface area contributed by atoms with E-state index in [1.54, 1.807) is 36.9 Å². The number of aromatic amines is 1. The van der Waals surface area contributed by atoms with Gasteiger partial charge in [-0.1, -0.05) is 18.2 Å². The zero-order valence-corrected chi connectivity index (χ0v) is 11.5. The van der Waals surface area contributed by atoms with Gasteiger partial charge in [0.2, 0.25) is 0 Å². The zero-order valence-electron chi connectivity index (χ0n) is 11.5. The van der Waals surface area contributed by atoms with Gasteiger partial charge in [-0.25, -0.2) is 9.37 Å². The van der Waals surface area contributed by atoms with Crippen molar-refractivity contribution < 1.29 is 4.39 Å². The Balaban J connectivity index is 2.10. The highest BCUT2D eigenvalue weighted by Crippen LogP contribution is 2.37. The second-order valence-electron chi connectivity index (χ2n) is 4.89. The van der Waals surface area contributed by atoms with Gasteiger partial charge in [0.05, 0.1) is 6.20 Å². The van der Waals surface area contributed by atoms with Gasteiger partial charge < -0.3 is 0 Å². The first-order valence-electron chi connectivity index (χ1n) is 6.82. The number of benzene rings is 1. The molecule has 5 heteroatoms. The third-order valence-electron chi connectivity index (χ3n) is 3.62. The van der Waals surface area contributed by atoms with Gasteiger partial charge in [-0.05, 0) is 23.8 Å². The van der Waals surface area contributed by atoms with Crippen molar-refractivity contribution in [1.82, 2.24) is 20.2 Å². The van der Waals surface area contributed by atoms with E-state index in [0.717, 1.165) is 22.1 Å². The molecule has 106 valence electrons. The Labute approximate surface area is 125 Å². The molecule has 0 aliphatic carbocycles. The number of hydrogen-bond donors (Lipinski definition) is 1. The lowest BCUT2D eigenvalue weighted by Crippen LogP contribution is -1.92. The van der Waals surface area contributed by atoms with Crippen molar-refractivity contribution in [2.24, 2.45) is 0 Å². The Morgan fingerprint density at radius 2 is 1.73 bits per heavy atom. The molecule has 0 bridgehead atoms. The maximum atomic E-state index is 14.3. The van der Waals surface area contributed by atoms with E-state index in [4.69, 9.17) is 0 Å². The second-order valence-corrected chi connectivity index (χ2v) is 4.89. The Hall–Kier alpha value is -3.08. The van der Waals surface area contributed by atoms with E-state index < -0.39 is 0 Å². The van der Waals surface area contributed by atoms with Crippen LogP contribution in [0.3, 0.4) is 0 Å². The molecule has 0 amide bonds. The molecular formula is C17H11FN4. The van der Waals surface area contributed by atoms with Crippen molar-refractivity contribution in [3.8, 4) is 22.3 Å². The highest BCUT2D eigenvalue weighted by atomic mass is 19.1. The molecule has 3 aromatic heterocycles. The van der Waals surface area contributed by atoms with Crippen LogP contribution in [0, 0.1) is 5.82 Å². The summed E-state index contributed by atoms with van der Waals surface area (Å²) >= 11 is 0. The molecule has 0 saturated carbocycles. The van der Waals surface area contributed by atoms with E-state index in [2.05, 4.69) is 20.2 Å². The fourth-order valence-corrected chi connectivity index (χ4v) is 2.60. The summed E-state index contributed by atoms with van der Waals surface area (Å²) in [6.45, 7) is 0. The molecule has 0 atom stereocenters. The van der Waals surface area contributed by atoms with E-state index in [0.29, 0.717) is 11.2 Å². The van der Waals surface area contributed by atoms with Crippen LogP contribution in [-0.4, -0.2) is 20.2 Å². The average molecular weight is 290 g/mol. The van der Waals surface area contributed by atoms with Crippen LogP contribution in [0.4, 0.5) is 4.39 Å². The lowest BCUT2D eigenvalue weighted by molar-refractivity contribution is 0.631. The molecule has 4 aromatic rings. The van der Waals surface area contributed by atoms with Crippen molar-refractivity contribution in [1.29, 1.82) is 0 Å². The summed E-state index contributed by atoms with van der Waals surface area (Å²) in [6.07, 6.45) is 6.83. The molecule has 0 aliphatic heterocycles. The molecule has 4 nitrogen and oxygen atoms in total. The zero-order chi connectivity index (χ0) is 14.9. The van der Waals surface area contributed by atoms with Crippen LogP contribution in [0.25, 0.3) is 33.3 Å². The smallest absolute Gasteiger partial charge is 0.155 e. The number of nitrogens with one attached hydrogen (secondary N) is 1. The molecule has 0 saturated heterocycles. The molecule has 1 N–H and O–H groups in total. The Morgan fingerprint density at radius 3 is 2.55 bits per heavy atom. The van der Waals surface area contributed by atoms with Crippen molar-refractivity contribution in [3.05, 3.63) is 67.0 Å². The number of nitrogens with zero attached hydrogens (tertiary/aromatic N) is 3. The van der Waals surface area contributed by atoms with Crippen molar-refractivity contribution in [2.75, 3.05) is 0 Å². The molecular weight excluding hydrogens is 279 g/mol. The highest BCUT2D eigenvalue weighted by Gasteiger charge is 2.16. The van der Waals surface area contributed by atoms with E-state index >= 15 is 0 Å². The van der Waals surface area contributed by atoms with Crippen molar-refractivity contribution in [3.63, 3.8) is 0 Å². The van der Waals surface area contributed by atoms with E-state index in [1.165, 1.54) is 6.07 Å². The maximum absolute atomic E-state index is 14.3. The normalized spacial score (nSPS) is 11.0. The number of fused-ring (bicyclic) bond motifs is 1. The monoisotopic (exact) mass is 290 g/mol. The highest BCUT2D eigenvalue weighted by molar-refractivity contribution is 6.00. The third kappa shape index (κ3) is 1.95. The minimum atomic E-state index is -0.272. The fraction of sp³-hybridized carbons (Fsp3) is 0. The van der Waals surface area contributed by atoms with Gasteiger partial charge in [0.15, 0.2) is 5.65 Å². The van der Waals surface area contributed by atoms with Crippen molar-refractivity contribution >= 4 is 11.0 Å². The van der Waals surface area contributed by atoms with Gasteiger partial charge in [-0.15, -0.1) is 0 Å². The van der Waals surface area contributed by atoms with Crippen LogP contribution in [0.1, 0.15) is 0 Å². The first kappa shape index (κ1) is 12.6. The van der Waals surface area contributed by atoms with Crippen LogP contribution in [0.5, 0.6) is 0 Å². The summed E-state index contributed by atoms with van der Waals surface area (Å²) in [5.41, 5.74) is 3.73. The molecule has 4 rings (SSSR count). The van der Waals surface area contributed by atoms with Gasteiger partial charge in [-0.3, -0.25) is 10.1 Å². The Morgan fingerprint density at radius 1 is 0.909 bits per heavy atom. The topological polar surface area (TPSA) is 54.5 Å². The van der Waals surface area contributed by atoms with Crippen LogP contribution in [0.15, 0.2) is 61.2 Å². The number of aromatic nitrogens is 4. The SMILES string of the molecule is Fc1ccccc1-c1c(-c2ccncc2)cnc2[nH]ncc12. The maximum Gasteiger partial charge on any atom is 0.155 e. The summed E-state index contributed by atoms with van der Waals surface area (Å²) in [6, 6.07) is 10.5. The molecule has 0 aliphatic rings. The van der Waals surface area contributed by atoms with Gasteiger partial charge in [0.1, 0.15) is 5.82 Å². The third-order valence-corrected chi connectivity index (χ3v) is 3.62. The van der Waals surface area contributed by atoms with E-state index in [1.807, 2.05) is 18.2 Å². The lowest BCUT2D eigenvalue weighted by Gasteiger charge is -2.11. The van der Waals surface area contributed by atoms with Crippen LogP contribution >= 0.6 is 0 Å². The summed E-state index contributed by atoms with van der Waals surface area (Å²) in [7, 11) is 0. The second kappa shape index (κ2) is 5.04. The molecule has 0 fully saturated rings. The van der Waals surface area contributed by atoms with Gasteiger partial charge in [0, 0.05) is 40.7 Å². The molecule has 1 aromatic carbocycles. The predicted octanol–water partition coefficient (Wildman–Crippen LogP) is 3.83. The first-order chi connectivity index (χ1) is 10.8. The molecule has 22 heavy (non-hydrogen) atoms. The minimum Gasteiger partial charge on any atom is -0.265 e. The van der Waals surface area contributed by atoms with E-state index in [9.17, 15) is 4.39 Å². The van der Waals surface area contributed by atoms with Crippen LogP contribution in [0.2, 0.25) is 0 Å². The largest absolute Gasteiger partial charge is 0.265 e. The predicted molar refractivity (Wildman–Crippen MR) is 82.5 cm³/mol. The Bertz CT molecular complexity index is 947. The minimum absolute atomic E-state index is 0.272. The van der Waals surface area contributed by atoms with Gasteiger partial charge >= 0.3 is 0 Å². The number of halogens is 1. The van der Waals surface area contributed by atoms with Gasteiger partial charge in [0.25, 0.3) is 0 Å². The van der Waals surface area contributed by atoms with Crippen LogP contribution in [-0.2, 0) is 0 Å². The number of pyridine rings is 2. The summed E-state index contributed by atoms with van der Waals surface area (Å²) in [5, 5.41) is 7.65. The Kier molecular flexibility index (Phi) is 2.89. The molecule has 0 unspecified atom stereocenters. The van der Waals surface area contributed by atoms with E-state index in [-0.39, 0.29) is 5.82 Å². The standard InChI is InChI=1S/C17H11FN4/c18-15-4-2-1-3-12(15)16-13(11-5-7-19-8-6-11)9-20-17-14(16)10-21-22-17/h1-10H,(H,20,21,22). The number of hydrogen-bond acceptors (Lipinski definition) is 3. The number of rotatable bonds is 2. The van der Waals surface area contributed by atoms with Crippen LogP contribution < -0.4 is 0 Å². The van der Waals surface area contributed by atoms with Gasteiger partial charge in [-0.2, -0.15) is 5.10 Å². The summed E-state index contributed by atoms with van der Waals surface area (Å²) < 4.78 is 14.3. The number of H-pyrrole nitrogens is 1. The quantitative estimate of drug-likeness (QED) is 0.610. The fourth-order valence-electron chi connectivity index (χ4n) is 2.60.